The molecule has 2 aromatic heterocycles. The minimum absolute atomic E-state index is 0.121. The molecule has 1 aliphatic rings. The van der Waals surface area contributed by atoms with E-state index in [-0.39, 0.29) is 18.5 Å². The average molecular weight is 447 g/mol. The van der Waals surface area contributed by atoms with Crippen LogP contribution in [0.4, 0.5) is 0 Å². The van der Waals surface area contributed by atoms with Crippen LogP contribution in [-0.2, 0) is 20.9 Å². The van der Waals surface area contributed by atoms with Crippen LogP contribution in [-0.4, -0.2) is 33.4 Å². The van der Waals surface area contributed by atoms with Crippen molar-refractivity contribution < 1.29 is 14.3 Å². The Balaban J connectivity index is 1.44. The number of carbonyl (C=O) groups excluding carboxylic acids is 2. The number of rotatable bonds is 6. The van der Waals surface area contributed by atoms with Crippen LogP contribution in [0.5, 0.6) is 0 Å². The van der Waals surface area contributed by atoms with Gasteiger partial charge >= 0.3 is 0 Å². The molecule has 6 heteroatoms. The molecule has 3 aromatic carbocycles. The van der Waals surface area contributed by atoms with Crippen LogP contribution in [0, 0.1) is 0 Å². The summed E-state index contributed by atoms with van der Waals surface area (Å²) in [6, 6.07) is 25.2. The van der Waals surface area contributed by atoms with Crippen molar-refractivity contribution in [2.45, 2.75) is 6.61 Å². The van der Waals surface area contributed by atoms with Gasteiger partial charge in [-0.05, 0) is 17.7 Å². The second-order valence-electron chi connectivity index (χ2n) is 8.25. The SMILES string of the molecule is O=C1C(c2c[nH]c3ccccc23)=C(c2c[nH]c3ccccc23)C(=O)N1COCc1ccccc1. The van der Waals surface area contributed by atoms with E-state index in [4.69, 9.17) is 4.74 Å². The van der Waals surface area contributed by atoms with Gasteiger partial charge < -0.3 is 14.7 Å². The number of benzene rings is 3. The Bertz CT molecular complexity index is 1480. The smallest absolute Gasteiger partial charge is 0.264 e. The number of imide groups is 1. The predicted molar refractivity (Wildman–Crippen MR) is 131 cm³/mol. The topological polar surface area (TPSA) is 78.2 Å². The molecule has 166 valence electrons. The molecule has 0 saturated carbocycles. The summed E-state index contributed by atoms with van der Waals surface area (Å²) in [6.45, 7) is 0.188. The van der Waals surface area contributed by atoms with Crippen LogP contribution in [0.3, 0.4) is 0 Å². The van der Waals surface area contributed by atoms with E-state index in [0.29, 0.717) is 28.9 Å². The first-order valence-electron chi connectivity index (χ1n) is 11.1. The Kier molecular flexibility index (Phi) is 4.86. The molecule has 0 bridgehead atoms. The van der Waals surface area contributed by atoms with Gasteiger partial charge in [0.1, 0.15) is 6.73 Å². The molecule has 6 rings (SSSR count). The maximum absolute atomic E-state index is 13.7. The van der Waals surface area contributed by atoms with Gasteiger partial charge in [-0.1, -0.05) is 66.7 Å². The van der Waals surface area contributed by atoms with E-state index in [2.05, 4.69) is 9.97 Å². The molecule has 0 unspecified atom stereocenters. The Morgan fingerprint density at radius 3 is 1.71 bits per heavy atom. The third kappa shape index (κ3) is 3.24. The first-order valence-corrected chi connectivity index (χ1v) is 11.1. The van der Waals surface area contributed by atoms with Gasteiger partial charge in [0.2, 0.25) is 0 Å². The molecule has 2 N–H and O–H groups in total. The van der Waals surface area contributed by atoms with E-state index < -0.39 is 0 Å². The van der Waals surface area contributed by atoms with Gasteiger partial charge in [0.15, 0.2) is 0 Å². The number of fused-ring (bicyclic) bond motifs is 2. The number of nitrogens with one attached hydrogen (secondary N) is 2. The third-order valence-electron chi connectivity index (χ3n) is 6.22. The number of aromatic nitrogens is 2. The molecule has 5 aromatic rings. The van der Waals surface area contributed by atoms with Crippen molar-refractivity contribution in [2.24, 2.45) is 0 Å². The molecule has 0 saturated heterocycles. The van der Waals surface area contributed by atoms with Gasteiger partial charge in [-0.2, -0.15) is 0 Å². The van der Waals surface area contributed by atoms with E-state index in [9.17, 15) is 9.59 Å². The molecule has 3 heterocycles. The quantitative estimate of drug-likeness (QED) is 0.355. The van der Waals surface area contributed by atoms with Crippen LogP contribution in [0.15, 0.2) is 91.3 Å². The number of hydrogen-bond acceptors (Lipinski definition) is 3. The summed E-state index contributed by atoms with van der Waals surface area (Å²) in [7, 11) is 0. The Morgan fingerprint density at radius 1 is 0.647 bits per heavy atom. The highest BCUT2D eigenvalue weighted by Gasteiger charge is 2.41. The van der Waals surface area contributed by atoms with Crippen LogP contribution in [0.1, 0.15) is 16.7 Å². The fourth-order valence-corrected chi connectivity index (χ4v) is 4.58. The molecular weight excluding hydrogens is 426 g/mol. The van der Waals surface area contributed by atoms with E-state index in [1.54, 1.807) is 12.4 Å². The minimum Gasteiger partial charge on any atom is -0.361 e. The minimum atomic E-state index is -0.358. The number of aromatic amines is 2. The van der Waals surface area contributed by atoms with Crippen molar-refractivity contribution in [1.82, 2.24) is 14.9 Å². The van der Waals surface area contributed by atoms with Crippen molar-refractivity contribution in [3.63, 3.8) is 0 Å². The number of nitrogens with zero attached hydrogens (tertiary/aromatic N) is 1. The first kappa shape index (κ1) is 20.2. The normalized spacial score (nSPS) is 14.2. The molecule has 0 spiro atoms. The van der Waals surface area contributed by atoms with E-state index in [1.165, 1.54) is 4.90 Å². The molecule has 0 atom stereocenters. The highest BCUT2D eigenvalue weighted by atomic mass is 16.5. The zero-order valence-electron chi connectivity index (χ0n) is 18.2. The summed E-state index contributed by atoms with van der Waals surface area (Å²) in [5.41, 5.74) is 4.97. The summed E-state index contributed by atoms with van der Waals surface area (Å²) >= 11 is 0. The van der Waals surface area contributed by atoms with Gasteiger partial charge in [-0.25, -0.2) is 4.90 Å². The van der Waals surface area contributed by atoms with Crippen LogP contribution in [0.25, 0.3) is 33.0 Å². The molecule has 0 aliphatic carbocycles. The Hall–Kier alpha value is -4.42. The highest BCUT2D eigenvalue weighted by molar-refractivity contribution is 6.50. The zero-order chi connectivity index (χ0) is 23.1. The van der Waals surface area contributed by atoms with Crippen molar-refractivity contribution in [2.75, 3.05) is 6.73 Å². The third-order valence-corrected chi connectivity index (χ3v) is 6.22. The lowest BCUT2D eigenvalue weighted by atomic mass is 9.95. The molecule has 1 aliphatic heterocycles. The van der Waals surface area contributed by atoms with Crippen LogP contribution >= 0.6 is 0 Å². The van der Waals surface area contributed by atoms with E-state index in [1.807, 2.05) is 78.9 Å². The number of H-pyrrole nitrogens is 2. The lowest BCUT2D eigenvalue weighted by Gasteiger charge is -2.15. The molecule has 2 amide bonds. The van der Waals surface area contributed by atoms with Crippen molar-refractivity contribution >= 4 is 44.8 Å². The maximum Gasteiger partial charge on any atom is 0.264 e. The summed E-state index contributed by atoms with van der Waals surface area (Å²) in [5.74, 6) is -0.716. The number of carbonyl (C=O) groups is 2. The lowest BCUT2D eigenvalue weighted by molar-refractivity contribution is -0.142. The monoisotopic (exact) mass is 447 g/mol. The van der Waals surface area contributed by atoms with Gasteiger partial charge in [0, 0.05) is 45.3 Å². The van der Waals surface area contributed by atoms with Crippen molar-refractivity contribution in [1.29, 1.82) is 0 Å². The second kappa shape index (κ2) is 8.17. The van der Waals surface area contributed by atoms with Crippen molar-refractivity contribution in [3.05, 3.63) is 108 Å². The number of amides is 2. The molecule has 0 fully saturated rings. The number of ether oxygens (including phenoxy) is 1. The fourth-order valence-electron chi connectivity index (χ4n) is 4.58. The van der Waals surface area contributed by atoms with Crippen LogP contribution in [0.2, 0.25) is 0 Å². The fraction of sp³-hybridized carbons (Fsp3) is 0.0714. The summed E-state index contributed by atoms with van der Waals surface area (Å²) < 4.78 is 5.79. The van der Waals surface area contributed by atoms with E-state index in [0.717, 1.165) is 27.4 Å². The average Bonchev–Trinajstić information content (AvgIpc) is 3.55. The number of hydrogen-bond donors (Lipinski definition) is 2. The maximum atomic E-state index is 13.7. The largest absolute Gasteiger partial charge is 0.361 e. The predicted octanol–water partition coefficient (Wildman–Crippen LogP) is 5.10. The zero-order valence-corrected chi connectivity index (χ0v) is 18.2. The summed E-state index contributed by atoms with van der Waals surface area (Å²) in [5, 5.41) is 1.78. The Labute approximate surface area is 195 Å². The van der Waals surface area contributed by atoms with Gasteiger partial charge in [-0.15, -0.1) is 0 Å². The lowest BCUT2D eigenvalue weighted by Crippen LogP contribution is -2.33. The van der Waals surface area contributed by atoms with Crippen LogP contribution < -0.4 is 0 Å². The molecule has 6 nitrogen and oxygen atoms in total. The standard InChI is InChI=1S/C28H21N3O3/c32-27-25(21-14-29-23-12-6-4-10-19(21)23)26(22-15-30-24-13-7-5-11-20(22)24)28(33)31(27)17-34-16-18-8-2-1-3-9-18/h1-15,29-30H,16-17H2. The van der Waals surface area contributed by atoms with Gasteiger partial charge in [0.25, 0.3) is 11.8 Å². The first-order chi connectivity index (χ1) is 16.7. The Morgan fingerprint density at radius 2 is 1.15 bits per heavy atom. The summed E-state index contributed by atoms with van der Waals surface area (Å²) in [4.78, 5) is 35.0. The van der Waals surface area contributed by atoms with Crippen molar-refractivity contribution in [3.8, 4) is 0 Å². The molecular formula is C28H21N3O3. The molecule has 34 heavy (non-hydrogen) atoms. The summed E-state index contributed by atoms with van der Waals surface area (Å²) in [6.07, 6.45) is 3.60. The highest BCUT2D eigenvalue weighted by Crippen LogP contribution is 2.40. The van der Waals surface area contributed by atoms with E-state index >= 15 is 0 Å². The van der Waals surface area contributed by atoms with Gasteiger partial charge in [0.05, 0.1) is 17.8 Å². The number of para-hydroxylation sites is 2. The molecule has 0 radical (unpaired) electrons. The van der Waals surface area contributed by atoms with Gasteiger partial charge in [-0.3, -0.25) is 9.59 Å². The second-order valence-corrected chi connectivity index (χ2v) is 8.25.